The van der Waals surface area contributed by atoms with E-state index in [0.29, 0.717) is 16.6 Å². The van der Waals surface area contributed by atoms with Crippen molar-refractivity contribution in [1.82, 2.24) is 4.98 Å². The summed E-state index contributed by atoms with van der Waals surface area (Å²) < 4.78 is 40.1. The highest BCUT2D eigenvalue weighted by Gasteiger charge is 2.33. The SMILES string of the molecule is Cc1ccc(C)c(-c2cc(C(=O)Nc3ccccc3C(F)(F)F)c3ccccc3n2)c1. The number of halogens is 3. The molecule has 3 nitrogen and oxygen atoms in total. The lowest BCUT2D eigenvalue weighted by Gasteiger charge is -2.15. The highest BCUT2D eigenvalue weighted by Crippen LogP contribution is 2.35. The van der Waals surface area contributed by atoms with Gasteiger partial charge in [0.15, 0.2) is 0 Å². The Morgan fingerprint density at radius 1 is 0.903 bits per heavy atom. The maximum absolute atomic E-state index is 13.4. The van der Waals surface area contributed by atoms with Gasteiger partial charge in [-0.2, -0.15) is 13.2 Å². The average Bonchev–Trinajstić information content (AvgIpc) is 2.74. The van der Waals surface area contributed by atoms with Gasteiger partial charge >= 0.3 is 6.18 Å². The Morgan fingerprint density at radius 3 is 2.39 bits per heavy atom. The number of fused-ring (bicyclic) bond motifs is 1. The number of aryl methyl sites for hydroxylation is 2. The zero-order chi connectivity index (χ0) is 22.2. The van der Waals surface area contributed by atoms with Crippen molar-refractivity contribution < 1.29 is 18.0 Å². The number of hydrogen-bond acceptors (Lipinski definition) is 2. The van der Waals surface area contributed by atoms with Gasteiger partial charge in [0.1, 0.15) is 0 Å². The molecule has 0 atom stereocenters. The van der Waals surface area contributed by atoms with E-state index >= 15 is 0 Å². The molecule has 0 fully saturated rings. The zero-order valence-corrected chi connectivity index (χ0v) is 16.9. The van der Waals surface area contributed by atoms with E-state index in [1.54, 1.807) is 24.3 Å². The van der Waals surface area contributed by atoms with Crippen LogP contribution in [0.25, 0.3) is 22.2 Å². The summed E-state index contributed by atoms with van der Waals surface area (Å²) in [5.74, 6) is -0.623. The molecule has 0 aliphatic rings. The van der Waals surface area contributed by atoms with Gasteiger partial charge in [-0.3, -0.25) is 4.79 Å². The van der Waals surface area contributed by atoms with Gasteiger partial charge in [0.05, 0.1) is 28.0 Å². The van der Waals surface area contributed by atoms with Crippen LogP contribution < -0.4 is 5.32 Å². The summed E-state index contributed by atoms with van der Waals surface area (Å²) in [5.41, 5.74) is 3.17. The molecule has 1 heterocycles. The summed E-state index contributed by atoms with van der Waals surface area (Å²) in [5, 5.41) is 3.01. The van der Waals surface area contributed by atoms with Crippen molar-refractivity contribution in [3.63, 3.8) is 0 Å². The van der Waals surface area contributed by atoms with Gasteiger partial charge in [0.25, 0.3) is 5.91 Å². The van der Waals surface area contributed by atoms with E-state index in [1.807, 2.05) is 38.1 Å². The van der Waals surface area contributed by atoms with E-state index in [9.17, 15) is 18.0 Å². The summed E-state index contributed by atoms with van der Waals surface area (Å²) in [6.45, 7) is 3.91. The van der Waals surface area contributed by atoms with Crippen LogP contribution in [0, 0.1) is 13.8 Å². The first kappa shape index (κ1) is 20.6. The van der Waals surface area contributed by atoms with E-state index < -0.39 is 17.6 Å². The lowest BCUT2D eigenvalue weighted by molar-refractivity contribution is -0.136. The molecule has 4 aromatic rings. The molecule has 0 aliphatic carbocycles. The van der Waals surface area contributed by atoms with Crippen LogP contribution in [0.4, 0.5) is 18.9 Å². The van der Waals surface area contributed by atoms with Crippen molar-refractivity contribution in [1.29, 1.82) is 0 Å². The summed E-state index contributed by atoms with van der Waals surface area (Å²) in [6, 6.07) is 19.6. The molecule has 1 aromatic heterocycles. The normalized spacial score (nSPS) is 11.5. The molecule has 0 spiro atoms. The lowest BCUT2D eigenvalue weighted by atomic mass is 9.99. The Labute approximate surface area is 177 Å². The Hall–Kier alpha value is -3.67. The summed E-state index contributed by atoms with van der Waals surface area (Å²) >= 11 is 0. The Kier molecular flexibility index (Phi) is 5.23. The second kappa shape index (κ2) is 7.87. The van der Waals surface area contributed by atoms with Crippen LogP contribution in [0.2, 0.25) is 0 Å². The van der Waals surface area contributed by atoms with Crippen LogP contribution >= 0.6 is 0 Å². The number of alkyl halides is 3. The van der Waals surface area contributed by atoms with Crippen LogP contribution in [0.15, 0.2) is 72.8 Å². The van der Waals surface area contributed by atoms with Gasteiger partial charge in [-0.15, -0.1) is 0 Å². The minimum atomic E-state index is -4.58. The van der Waals surface area contributed by atoms with Gasteiger partial charge in [0, 0.05) is 10.9 Å². The molecule has 0 radical (unpaired) electrons. The van der Waals surface area contributed by atoms with Crippen molar-refractivity contribution in [2.45, 2.75) is 20.0 Å². The minimum Gasteiger partial charge on any atom is -0.321 e. The number of amides is 1. The van der Waals surface area contributed by atoms with Crippen molar-refractivity contribution in [2.24, 2.45) is 0 Å². The van der Waals surface area contributed by atoms with E-state index in [0.717, 1.165) is 22.8 Å². The molecule has 3 aromatic carbocycles. The molecular weight excluding hydrogens is 401 g/mol. The summed E-state index contributed by atoms with van der Waals surface area (Å²) in [7, 11) is 0. The van der Waals surface area contributed by atoms with Crippen molar-refractivity contribution in [2.75, 3.05) is 5.32 Å². The maximum atomic E-state index is 13.4. The molecule has 0 unspecified atom stereocenters. The number of benzene rings is 3. The number of nitrogens with one attached hydrogen (secondary N) is 1. The van der Waals surface area contributed by atoms with Crippen LogP contribution in [0.3, 0.4) is 0 Å². The van der Waals surface area contributed by atoms with Gasteiger partial charge in [0.2, 0.25) is 0 Å². The molecule has 1 amide bonds. The van der Waals surface area contributed by atoms with Crippen LogP contribution in [-0.2, 0) is 6.18 Å². The van der Waals surface area contributed by atoms with E-state index in [4.69, 9.17) is 4.98 Å². The molecule has 4 rings (SSSR count). The Balaban J connectivity index is 1.84. The topological polar surface area (TPSA) is 42.0 Å². The number of para-hydroxylation sites is 2. The first-order valence-electron chi connectivity index (χ1n) is 9.69. The largest absolute Gasteiger partial charge is 0.418 e. The molecule has 156 valence electrons. The molecule has 31 heavy (non-hydrogen) atoms. The molecule has 0 saturated heterocycles. The third-order valence-electron chi connectivity index (χ3n) is 5.11. The fourth-order valence-corrected chi connectivity index (χ4v) is 3.54. The van der Waals surface area contributed by atoms with Gasteiger partial charge in [-0.25, -0.2) is 4.98 Å². The second-order valence-corrected chi connectivity index (χ2v) is 7.39. The first-order chi connectivity index (χ1) is 14.7. The monoisotopic (exact) mass is 420 g/mol. The highest BCUT2D eigenvalue weighted by molar-refractivity contribution is 6.13. The van der Waals surface area contributed by atoms with Crippen LogP contribution in [-0.4, -0.2) is 10.9 Å². The number of anilines is 1. The van der Waals surface area contributed by atoms with Crippen molar-refractivity contribution in [3.8, 4) is 11.3 Å². The molecular formula is C25H19F3N2O. The smallest absolute Gasteiger partial charge is 0.321 e. The number of aromatic nitrogens is 1. The van der Waals surface area contributed by atoms with Gasteiger partial charge < -0.3 is 5.32 Å². The van der Waals surface area contributed by atoms with Crippen LogP contribution in [0.5, 0.6) is 0 Å². The second-order valence-electron chi connectivity index (χ2n) is 7.39. The van der Waals surface area contributed by atoms with Crippen molar-refractivity contribution >= 4 is 22.5 Å². The Bertz CT molecular complexity index is 1300. The number of nitrogens with zero attached hydrogens (tertiary/aromatic N) is 1. The molecule has 1 N–H and O–H groups in total. The molecule has 0 bridgehead atoms. The third kappa shape index (κ3) is 4.14. The van der Waals surface area contributed by atoms with E-state index in [2.05, 4.69) is 5.32 Å². The number of carbonyl (C=O) groups is 1. The fraction of sp³-hybridized carbons (Fsp3) is 0.120. The maximum Gasteiger partial charge on any atom is 0.418 e. The van der Waals surface area contributed by atoms with E-state index in [1.165, 1.54) is 18.2 Å². The quantitative estimate of drug-likeness (QED) is 0.396. The summed E-state index contributed by atoms with van der Waals surface area (Å²) in [6.07, 6.45) is -4.58. The molecule has 6 heteroatoms. The van der Waals surface area contributed by atoms with Crippen molar-refractivity contribution in [3.05, 3.63) is 95.1 Å². The van der Waals surface area contributed by atoms with E-state index in [-0.39, 0.29) is 11.3 Å². The summed E-state index contributed by atoms with van der Waals surface area (Å²) in [4.78, 5) is 17.8. The predicted octanol–water partition coefficient (Wildman–Crippen LogP) is 6.79. The third-order valence-corrected chi connectivity index (χ3v) is 5.11. The minimum absolute atomic E-state index is 0.262. The Morgan fingerprint density at radius 2 is 1.61 bits per heavy atom. The van der Waals surface area contributed by atoms with Gasteiger partial charge in [-0.1, -0.05) is 48.0 Å². The number of hydrogen-bond donors (Lipinski definition) is 1. The number of carbonyl (C=O) groups excluding carboxylic acids is 1. The fourth-order valence-electron chi connectivity index (χ4n) is 3.54. The standard InChI is InChI=1S/C25H19F3N2O/c1-15-11-12-16(2)18(13-15)23-14-19(17-7-3-5-9-21(17)29-23)24(31)30-22-10-6-4-8-20(22)25(26,27)28/h3-14H,1-2H3,(H,30,31). The predicted molar refractivity (Wildman–Crippen MR) is 116 cm³/mol. The zero-order valence-electron chi connectivity index (χ0n) is 16.9. The first-order valence-corrected chi connectivity index (χ1v) is 9.69. The average molecular weight is 420 g/mol. The molecule has 0 aliphatic heterocycles. The highest BCUT2D eigenvalue weighted by atomic mass is 19.4. The molecule has 0 saturated carbocycles. The number of pyridine rings is 1. The number of rotatable bonds is 3. The lowest BCUT2D eigenvalue weighted by Crippen LogP contribution is -2.17. The van der Waals surface area contributed by atoms with Gasteiger partial charge in [-0.05, 0) is 49.7 Å². The van der Waals surface area contributed by atoms with Crippen LogP contribution in [0.1, 0.15) is 27.0 Å².